The molecule has 0 saturated heterocycles. The van der Waals surface area contributed by atoms with Crippen molar-refractivity contribution in [2.45, 2.75) is 13.0 Å². The number of likely N-dealkylation sites (N-methyl/N-ethyl adjacent to an activating group) is 1. The highest BCUT2D eigenvalue weighted by Crippen LogP contribution is 2.34. The normalized spacial score (nSPS) is 11.8. The molecule has 1 atom stereocenters. The van der Waals surface area contributed by atoms with E-state index in [9.17, 15) is 9.18 Å². The number of carbonyl (C=O) groups excluding carboxylic acids is 1. The molecule has 0 aliphatic rings. The molecule has 0 radical (unpaired) electrons. The van der Waals surface area contributed by atoms with Crippen molar-refractivity contribution in [2.24, 2.45) is 0 Å². The monoisotopic (exact) mass is 432 g/mol. The summed E-state index contributed by atoms with van der Waals surface area (Å²) in [6.45, 7) is 2.29. The van der Waals surface area contributed by atoms with E-state index in [-0.39, 0.29) is 24.4 Å². The van der Waals surface area contributed by atoms with Crippen molar-refractivity contribution < 1.29 is 18.7 Å². The van der Waals surface area contributed by atoms with Gasteiger partial charge in [-0.1, -0.05) is 30.3 Å². The van der Waals surface area contributed by atoms with Gasteiger partial charge < -0.3 is 19.4 Å². The summed E-state index contributed by atoms with van der Waals surface area (Å²) >= 11 is 0. The minimum absolute atomic E-state index is 0.144. The molecule has 4 rings (SSSR count). The molecule has 0 aliphatic heterocycles. The Bertz CT molecular complexity index is 1190. The summed E-state index contributed by atoms with van der Waals surface area (Å²) in [7, 11) is 1.63. The van der Waals surface area contributed by atoms with Gasteiger partial charge in [-0.3, -0.25) is 4.79 Å². The number of carbonyl (C=O) groups is 1. The van der Waals surface area contributed by atoms with Crippen molar-refractivity contribution in [3.63, 3.8) is 0 Å². The van der Waals surface area contributed by atoms with Gasteiger partial charge in [-0.25, -0.2) is 4.39 Å². The van der Waals surface area contributed by atoms with E-state index in [0.717, 1.165) is 27.8 Å². The lowest BCUT2D eigenvalue weighted by atomic mass is 9.96. The molecule has 164 valence electrons. The van der Waals surface area contributed by atoms with Gasteiger partial charge in [0.15, 0.2) is 6.61 Å². The van der Waals surface area contributed by atoms with Gasteiger partial charge in [0.25, 0.3) is 5.91 Å². The second-order valence-electron chi connectivity index (χ2n) is 7.39. The minimum atomic E-state index is -0.349. The Morgan fingerprint density at radius 2 is 1.69 bits per heavy atom. The fourth-order valence-electron chi connectivity index (χ4n) is 3.90. The summed E-state index contributed by atoms with van der Waals surface area (Å²) in [6, 6.07) is 21.1. The highest BCUT2D eigenvalue weighted by atomic mass is 19.1. The summed E-state index contributed by atoms with van der Waals surface area (Å²) in [6.07, 6.45) is 1.95. The Hall–Kier alpha value is -3.80. The zero-order chi connectivity index (χ0) is 22.5. The van der Waals surface area contributed by atoms with Crippen LogP contribution in [-0.2, 0) is 4.79 Å². The van der Waals surface area contributed by atoms with Crippen LogP contribution in [0.25, 0.3) is 10.9 Å². The van der Waals surface area contributed by atoms with Gasteiger partial charge in [0.05, 0.1) is 13.2 Å². The molecule has 5 nitrogen and oxygen atoms in total. The number of hydrogen-bond donors (Lipinski definition) is 1. The molecule has 1 aromatic heterocycles. The molecule has 0 spiro atoms. The van der Waals surface area contributed by atoms with E-state index in [1.807, 2.05) is 61.7 Å². The SMILES string of the molecule is CCN(C(=O)COc1ccc(F)cc1)[C@H](c1ccc(OC)cc1)c1c[nH]c2ccccc12. The lowest BCUT2D eigenvalue weighted by Gasteiger charge is -2.31. The van der Waals surface area contributed by atoms with Gasteiger partial charge in [0.1, 0.15) is 17.3 Å². The number of rotatable bonds is 8. The van der Waals surface area contributed by atoms with Gasteiger partial charge in [0, 0.05) is 29.2 Å². The predicted molar refractivity (Wildman–Crippen MR) is 122 cm³/mol. The van der Waals surface area contributed by atoms with Crippen LogP contribution in [0.2, 0.25) is 0 Å². The molecule has 0 bridgehead atoms. The van der Waals surface area contributed by atoms with Crippen LogP contribution in [0.15, 0.2) is 79.0 Å². The molecule has 32 heavy (non-hydrogen) atoms. The fourth-order valence-corrected chi connectivity index (χ4v) is 3.90. The van der Waals surface area contributed by atoms with E-state index in [4.69, 9.17) is 9.47 Å². The number of H-pyrrole nitrogens is 1. The smallest absolute Gasteiger partial charge is 0.261 e. The molecule has 0 fully saturated rings. The Morgan fingerprint density at radius 3 is 2.38 bits per heavy atom. The van der Waals surface area contributed by atoms with E-state index in [0.29, 0.717) is 12.3 Å². The second-order valence-corrected chi connectivity index (χ2v) is 7.39. The number of fused-ring (bicyclic) bond motifs is 1. The van der Waals surface area contributed by atoms with Gasteiger partial charge in [-0.15, -0.1) is 0 Å². The first-order chi connectivity index (χ1) is 15.6. The van der Waals surface area contributed by atoms with Gasteiger partial charge in [-0.05, 0) is 55.0 Å². The van der Waals surface area contributed by atoms with Gasteiger partial charge in [-0.2, -0.15) is 0 Å². The summed E-state index contributed by atoms with van der Waals surface area (Å²) in [5.74, 6) is 0.685. The van der Waals surface area contributed by atoms with Crippen LogP contribution in [-0.4, -0.2) is 36.1 Å². The Morgan fingerprint density at radius 1 is 1.00 bits per heavy atom. The van der Waals surface area contributed by atoms with Crippen LogP contribution < -0.4 is 9.47 Å². The number of nitrogens with zero attached hydrogens (tertiary/aromatic N) is 1. The van der Waals surface area contributed by atoms with Crippen LogP contribution in [0.1, 0.15) is 24.1 Å². The third-order valence-corrected chi connectivity index (χ3v) is 5.50. The first-order valence-corrected chi connectivity index (χ1v) is 10.5. The van der Waals surface area contributed by atoms with Crippen molar-refractivity contribution in [3.8, 4) is 11.5 Å². The fraction of sp³-hybridized carbons (Fsp3) is 0.192. The number of aromatic nitrogens is 1. The van der Waals surface area contributed by atoms with Crippen LogP contribution in [0.4, 0.5) is 4.39 Å². The topological polar surface area (TPSA) is 54.6 Å². The van der Waals surface area contributed by atoms with Crippen LogP contribution in [0, 0.1) is 5.82 Å². The number of amides is 1. The molecule has 0 saturated carbocycles. The molecule has 1 N–H and O–H groups in total. The minimum Gasteiger partial charge on any atom is -0.497 e. The number of halogens is 1. The predicted octanol–water partition coefficient (Wildman–Crippen LogP) is 5.33. The summed E-state index contributed by atoms with van der Waals surface area (Å²) in [5.41, 5.74) is 2.97. The third kappa shape index (κ3) is 4.44. The van der Waals surface area contributed by atoms with Crippen molar-refractivity contribution in [1.82, 2.24) is 9.88 Å². The number of para-hydroxylation sites is 1. The van der Waals surface area contributed by atoms with Crippen molar-refractivity contribution in [1.29, 1.82) is 0 Å². The average molecular weight is 432 g/mol. The molecule has 1 heterocycles. The molecule has 6 heteroatoms. The lowest BCUT2D eigenvalue weighted by molar-refractivity contribution is -0.134. The van der Waals surface area contributed by atoms with E-state index in [1.165, 1.54) is 24.3 Å². The molecular formula is C26H25FN2O3. The molecule has 4 aromatic rings. The largest absolute Gasteiger partial charge is 0.497 e. The molecule has 3 aromatic carbocycles. The third-order valence-electron chi connectivity index (χ3n) is 5.50. The van der Waals surface area contributed by atoms with E-state index in [2.05, 4.69) is 4.98 Å². The first kappa shape index (κ1) is 21.4. The quantitative estimate of drug-likeness (QED) is 0.409. The summed E-state index contributed by atoms with van der Waals surface area (Å²) < 4.78 is 24.1. The first-order valence-electron chi connectivity index (χ1n) is 10.5. The Kier molecular flexibility index (Phi) is 6.40. The lowest BCUT2D eigenvalue weighted by Crippen LogP contribution is -2.38. The number of ether oxygens (including phenoxy) is 2. The van der Waals surface area contributed by atoms with Gasteiger partial charge in [0.2, 0.25) is 0 Å². The number of nitrogens with one attached hydrogen (secondary N) is 1. The van der Waals surface area contributed by atoms with Crippen molar-refractivity contribution in [2.75, 3.05) is 20.3 Å². The zero-order valence-electron chi connectivity index (χ0n) is 18.0. The van der Waals surface area contributed by atoms with E-state index >= 15 is 0 Å². The van der Waals surface area contributed by atoms with E-state index in [1.54, 1.807) is 12.0 Å². The van der Waals surface area contributed by atoms with Crippen LogP contribution in [0.3, 0.4) is 0 Å². The zero-order valence-corrected chi connectivity index (χ0v) is 18.0. The Labute approximate surface area is 186 Å². The van der Waals surface area contributed by atoms with Crippen LogP contribution >= 0.6 is 0 Å². The molecule has 0 aliphatic carbocycles. The number of benzene rings is 3. The second kappa shape index (κ2) is 9.56. The standard InChI is InChI=1S/C26H25FN2O3/c1-3-29(25(30)17-32-21-14-10-19(27)11-15-21)26(18-8-12-20(31-2)13-9-18)23-16-28-24-7-5-4-6-22(23)24/h4-16,26,28H,3,17H2,1-2H3/t26-/m1/s1. The highest BCUT2D eigenvalue weighted by molar-refractivity contribution is 5.86. The number of aromatic amines is 1. The Balaban J connectivity index is 1.68. The van der Waals surface area contributed by atoms with Crippen molar-refractivity contribution in [3.05, 3.63) is 95.9 Å². The maximum Gasteiger partial charge on any atom is 0.261 e. The van der Waals surface area contributed by atoms with Gasteiger partial charge >= 0.3 is 0 Å². The maximum atomic E-state index is 13.3. The summed E-state index contributed by atoms with van der Waals surface area (Å²) in [5, 5.41) is 1.05. The highest BCUT2D eigenvalue weighted by Gasteiger charge is 2.28. The average Bonchev–Trinajstić information content (AvgIpc) is 3.26. The maximum absolute atomic E-state index is 13.3. The number of methoxy groups -OCH3 is 1. The molecule has 0 unspecified atom stereocenters. The van der Waals surface area contributed by atoms with Crippen LogP contribution in [0.5, 0.6) is 11.5 Å². The summed E-state index contributed by atoms with van der Waals surface area (Å²) in [4.78, 5) is 18.4. The molecular weight excluding hydrogens is 407 g/mol. The molecule has 1 amide bonds. The number of hydrogen-bond acceptors (Lipinski definition) is 3. The van der Waals surface area contributed by atoms with Crippen molar-refractivity contribution >= 4 is 16.8 Å². The van der Waals surface area contributed by atoms with E-state index < -0.39 is 0 Å².